The van der Waals surface area contributed by atoms with E-state index in [4.69, 9.17) is 5.41 Å². The van der Waals surface area contributed by atoms with Gasteiger partial charge in [0.2, 0.25) is 0 Å². The van der Waals surface area contributed by atoms with Crippen LogP contribution in [0.25, 0.3) is 16.2 Å². The lowest BCUT2D eigenvalue weighted by molar-refractivity contribution is 0.980. The van der Waals surface area contributed by atoms with Gasteiger partial charge < -0.3 is 0 Å². The van der Waals surface area contributed by atoms with E-state index in [1.54, 1.807) is 4.40 Å². The predicted molar refractivity (Wildman–Crippen MR) is 73.8 cm³/mol. The van der Waals surface area contributed by atoms with Crippen molar-refractivity contribution in [2.45, 2.75) is 6.92 Å². The molecule has 1 aromatic carbocycles. The number of nitriles is 1. The zero-order valence-corrected chi connectivity index (χ0v) is 11.0. The van der Waals surface area contributed by atoms with Crippen molar-refractivity contribution in [2.24, 2.45) is 0 Å². The van der Waals surface area contributed by atoms with E-state index in [9.17, 15) is 5.26 Å². The Labute approximate surface area is 113 Å². The molecule has 0 spiro atoms. The van der Waals surface area contributed by atoms with E-state index in [2.05, 4.69) is 11.1 Å². The Bertz CT molecular complexity index is 853. The molecule has 3 rings (SSSR count). The van der Waals surface area contributed by atoms with Crippen LogP contribution in [-0.4, -0.2) is 9.38 Å². The number of hydrogen-bond acceptors (Lipinski definition) is 4. The third-order valence-electron chi connectivity index (χ3n) is 2.85. The van der Waals surface area contributed by atoms with Crippen LogP contribution in [0, 0.1) is 23.7 Å². The van der Waals surface area contributed by atoms with Gasteiger partial charge in [-0.1, -0.05) is 30.3 Å². The second-order valence-electron chi connectivity index (χ2n) is 4.16. The van der Waals surface area contributed by atoms with Gasteiger partial charge in [0.1, 0.15) is 11.6 Å². The molecule has 2 aromatic heterocycles. The van der Waals surface area contributed by atoms with Crippen LogP contribution in [0.1, 0.15) is 10.4 Å². The van der Waals surface area contributed by atoms with Gasteiger partial charge in [0, 0.05) is 16.6 Å². The SMILES string of the molecule is Cc1cn2c(=N)c(C#N)c(-c3ccccc3)nc2s1. The van der Waals surface area contributed by atoms with E-state index in [0.29, 0.717) is 11.3 Å². The summed E-state index contributed by atoms with van der Waals surface area (Å²) in [7, 11) is 0. The fraction of sp³-hybridized carbons (Fsp3) is 0.0714. The number of aryl methyl sites for hydroxylation is 1. The second kappa shape index (κ2) is 4.34. The lowest BCUT2D eigenvalue weighted by Crippen LogP contribution is -2.17. The summed E-state index contributed by atoms with van der Waals surface area (Å²) in [4.78, 5) is 6.34. The van der Waals surface area contributed by atoms with Gasteiger partial charge in [-0.3, -0.25) is 9.81 Å². The van der Waals surface area contributed by atoms with Gasteiger partial charge in [0.15, 0.2) is 10.4 Å². The standard InChI is InChI=1S/C14H10N4S/c1-9-8-18-13(16)11(7-15)12(17-14(18)19-9)10-5-3-2-4-6-10/h2-6,8,16H,1H3. The van der Waals surface area contributed by atoms with Crippen LogP contribution < -0.4 is 5.49 Å². The van der Waals surface area contributed by atoms with Gasteiger partial charge >= 0.3 is 0 Å². The van der Waals surface area contributed by atoms with Gasteiger partial charge in [0.05, 0.1) is 5.69 Å². The molecule has 0 aliphatic rings. The predicted octanol–water partition coefficient (Wildman–Crippen LogP) is 2.72. The summed E-state index contributed by atoms with van der Waals surface area (Å²) in [6.07, 6.45) is 1.84. The third kappa shape index (κ3) is 1.83. The minimum Gasteiger partial charge on any atom is -0.283 e. The Morgan fingerprint density at radius 1 is 1.32 bits per heavy atom. The number of fused-ring (bicyclic) bond motifs is 1. The van der Waals surface area contributed by atoms with Gasteiger partial charge in [-0.15, -0.1) is 11.3 Å². The molecule has 5 heteroatoms. The number of thiazole rings is 1. The molecule has 0 fully saturated rings. The maximum Gasteiger partial charge on any atom is 0.196 e. The number of hydrogen-bond donors (Lipinski definition) is 1. The summed E-state index contributed by atoms with van der Waals surface area (Å²) >= 11 is 1.52. The highest BCUT2D eigenvalue weighted by Gasteiger charge is 2.13. The van der Waals surface area contributed by atoms with Crippen molar-refractivity contribution in [1.29, 1.82) is 10.7 Å². The van der Waals surface area contributed by atoms with E-state index >= 15 is 0 Å². The van der Waals surface area contributed by atoms with Gasteiger partial charge in [0.25, 0.3) is 0 Å². The van der Waals surface area contributed by atoms with Crippen LogP contribution >= 0.6 is 11.3 Å². The lowest BCUT2D eigenvalue weighted by Gasteiger charge is -2.04. The molecule has 0 saturated carbocycles. The first-order chi connectivity index (χ1) is 9.20. The van der Waals surface area contributed by atoms with Crippen molar-refractivity contribution in [3.63, 3.8) is 0 Å². The second-order valence-corrected chi connectivity index (χ2v) is 5.37. The first-order valence-corrected chi connectivity index (χ1v) is 6.55. The van der Waals surface area contributed by atoms with Crippen molar-refractivity contribution in [1.82, 2.24) is 9.38 Å². The van der Waals surface area contributed by atoms with Crippen molar-refractivity contribution in [3.05, 3.63) is 52.5 Å². The van der Waals surface area contributed by atoms with Crippen molar-refractivity contribution in [2.75, 3.05) is 0 Å². The zero-order valence-electron chi connectivity index (χ0n) is 10.2. The summed E-state index contributed by atoms with van der Waals surface area (Å²) in [5.74, 6) is 0. The number of rotatable bonds is 1. The van der Waals surface area contributed by atoms with Crippen molar-refractivity contribution < 1.29 is 0 Å². The summed E-state index contributed by atoms with van der Waals surface area (Å²) in [5.41, 5.74) is 1.94. The Kier molecular flexibility index (Phi) is 2.65. The molecule has 0 amide bonds. The molecule has 0 atom stereocenters. The highest BCUT2D eigenvalue weighted by molar-refractivity contribution is 7.16. The minimum atomic E-state index is 0.190. The Morgan fingerprint density at radius 3 is 2.74 bits per heavy atom. The van der Waals surface area contributed by atoms with E-state index in [1.165, 1.54) is 11.3 Å². The fourth-order valence-corrected chi connectivity index (χ4v) is 2.81. The molecule has 0 saturated heterocycles. The monoisotopic (exact) mass is 266 g/mol. The lowest BCUT2D eigenvalue weighted by atomic mass is 10.1. The smallest absolute Gasteiger partial charge is 0.196 e. The number of nitrogens with one attached hydrogen (secondary N) is 1. The minimum absolute atomic E-state index is 0.190. The normalized spacial score (nSPS) is 10.5. The third-order valence-corrected chi connectivity index (χ3v) is 3.75. The van der Waals surface area contributed by atoms with Gasteiger partial charge in [-0.05, 0) is 6.92 Å². The fourth-order valence-electron chi connectivity index (χ4n) is 1.99. The summed E-state index contributed by atoms with van der Waals surface area (Å²) in [5, 5.41) is 17.5. The molecule has 0 aliphatic heterocycles. The van der Waals surface area contributed by atoms with Crippen LogP contribution in [0.2, 0.25) is 0 Å². The molecule has 0 aliphatic carbocycles. The van der Waals surface area contributed by atoms with Crippen LogP contribution in [0.4, 0.5) is 0 Å². The van der Waals surface area contributed by atoms with Crippen LogP contribution in [-0.2, 0) is 0 Å². The summed E-state index contributed by atoms with van der Waals surface area (Å²) in [6.45, 7) is 1.97. The molecule has 0 unspecified atom stereocenters. The molecule has 19 heavy (non-hydrogen) atoms. The average molecular weight is 266 g/mol. The Morgan fingerprint density at radius 2 is 2.05 bits per heavy atom. The maximum absolute atomic E-state index is 9.31. The molecule has 3 aromatic rings. The summed E-state index contributed by atoms with van der Waals surface area (Å²) in [6, 6.07) is 11.6. The number of aromatic nitrogens is 2. The molecule has 2 heterocycles. The average Bonchev–Trinajstić information content (AvgIpc) is 2.80. The Hall–Kier alpha value is -2.45. The molecule has 4 nitrogen and oxygen atoms in total. The zero-order chi connectivity index (χ0) is 13.4. The topological polar surface area (TPSA) is 64.9 Å². The van der Waals surface area contributed by atoms with Gasteiger partial charge in [-0.25, -0.2) is 4.98 Å². The molecular weight excluding hydrogens is 256 g/mol. The van der Waals surface area contributed by atoms with Crippen molar-refractivity contribution in [3.8, 4) is 17.3 Å². The first-order valence-electron chi connectivity index (χ1n) is 5.73. The number of nitrogens with zero attached hydrogens (tertiary/aromatic N) is 3. The van der Waals surface area contributed by atoms with Crippen LogP contribution in [0.15, 0.2) is 36.5 Å². The Balaban J connectivity index is 2.43. The molecule has 1 N–H and O–H groups in total. The van der Waals surface area contributed by atoms with Gasteiger partial charge in [-0.2, -0.15) is 5.26 Å². The highest BCUT2D eigenvalue weighted by atomic mass is 32.1. The van der Waals surface area contributed by atoms with Crippen LogP contribution in [0.3, 0.4) is 0 Å². The molecule has 0 bridgehead atoms. The molecule has 92 valence electrons. The van der Waals surface area contributed by atoms with Crippen molar-refractivity contribution >= 4 is 16.3 Å². The van der Waals surface area contributed by atoms with Crippen LogP contribution in [0.5, 0.6) is 0 Å². The largest absolute Gasteiger partial charge is 0.283 e. The van der Waals surface area contributed by atoms with E-state index in [-0.39, 0.29) is 5.49 Å². The number of benzene rings is 1. The van der Waals surface area contributed by atoms with E-state index < -0.39 is 0 Å². The molecule has 0 radical (unpaired) electrons. The highest BCUT2D eigenvalue weighted by Crippen LogP contribution is 2.22. The maximum atomic E-state index is 9.31. The molecular formula is C14H10N4S. The van der Waals surface area contributed by atoms with E-state index in [1.807, 2.05) is 43.5 Å². The quantitative estimate of drug-likeness (QED) is 0.736. The van der Waals surface area contributed by atoms with E-state index in [0.717, 1.165) is 15.4 Å². The first kappa shape index (κ1) is 11.6. The summed E-state index contributed by atoms with van der Waals surface area (Å²) < 4.78 is 1.66.